The summed E-state index contributed by atoms with van der Waals surface area (Å²) >= 11 is 12.6. The number of rotatable bonds is 3. The molecule has 0 fully saturated rings. The average molecular weight is 337 g/mol. The standard InChI is InChI=1S/C11H10Cl2N2O2S2/c1-6-4-8(14)7(12)5-9(6)15-19(16,17)11-3-2-10(13)18-11/h2-5,15H,14H2,1H3. The van der Waals surface area contributed by atoms with E-state index in [1.165, 1.54) is 18.2 Å². The van der Waals surface area contributed by atoms with Crippen LogP contribution in [0.25, 0.3) is 0 Å². The first-order chi connectivity index (χ1) is 8.79. The number of nitrogen functional groups attached to an aromatic ring is 1. The molecule has 0 aliphatic heterocycles. The van der Waals surface area contributed by atoms with Crippen LogP contribution in [0.1, 0.15) is 5.56 Å². The number of benzene rings is 1. The number of sulfonamides is 1. The Labute approximate surface area is 125 Å². The summed E-state index contributed by atoms with van der Waals surface area (Å²) in [7, 11) is -3.66. The van der Waals surface area contributed by atoms with Crippen LogP contribution in [0.2, 0.25) is 9.36 Å². The maximum atomic E-state index is 12.1. The third-order valence-corrected chi connectivity index (χ3v) is 5.82. The molecule has 0 atom stereocenters. The van der Waals surface area contributed by atoms with Crippen LogP contribution in [0, 0.1) is 6.92 Å². The molecule has 8 heteroatoms. The molecule has 0 spiro atoms. The molecular weight excluding hydrogens is 327 g/mol. The minimum atomic E-state index is -3.66. The van der Waals surface area contributed by atoms with Crippen LogP contribution in [-0.4, -0.2) is 8.42 Å². The molecule has 0 bridgehead atoms. The van der Waals surface area contributed by atoms with Gasteiger partial charge in [0, 0.05) is 0 Å². The Morgan fingerprint density at radius 2 is 1.95 bits per heavy atom. The number of hydrogen-bond donors (Lipinski definition) is 2. The molecular formula is C11H10Cl2N2O2S2. The van der Waals surface area contributed by atoms with E-state index in [2.05, 4.69) is 4.72 Å². The maximum Gasteiger partial charge on any atom is 0.271 e. The Morgan fingerprint density at radius 1 is 1.26 bits per heavy atom. The first-order valence-corrected chi connectivity index (χ1v) is 8.19. The molecule has 1 aromatic heterocycles. The van der Waals surface area contributed by atoms with E-state index in [0.717, 1.165) is 11.3 Å². The second-order valence-electron chi connectivity index (χ2n) is 3.85. The monoisotopic (exact) mass is 336 g/mol. The van der Waals surface area contributed by atoms with Gasteiger partial charge >= 0.3 is 0 Å². The highest BCUT2D eigenvalue weighted by Crippen LogP contribution is 2.31. The Morgan fingerprint density at radius 3 is 2.53 bits per heavy atom. The van der Waals surface area contributed by atoms with Crippen molar-refractivity contribution in [3.05, 3.63) is 39.2 Å². The van der Waals surface area contributed by atoms with Gasteiger partial charge in [-0.25, -0.2) is 8.42 Å². The number of halogens is 2. The second kappa shape index (κ2) is 5.20. The summed E-state index contributed by atoms with van der Waals surface area (Å²) in [4.78, 5) is 0. The Kier molecular flexibility index (Phi) is 3.96. The zero-order chi connectivity index (χ0) is 14.2. The number of anilines is 2. The van der Waals surface area contributed by atoms with Gasteiger partial charge in [-0.15, -0.1) is 11.3 Å². The van der Waals surface area contributed by atoms with Crippen molar-refractivity contribution >= 4 is 55.9 Å². The molecule has 2 rings (SSSR count). The molecule has 0 unspecified atom stereocenters. The molecule has 0 radical (unpaired) electrons. The van der Waals surface area contributed by atoms with Crippen molar-refractivity contribution in [2.45, 2.75) is 11.1 Å². The Bertz CT molecular complexity index is 726. The van der Waals surface area contributed by atoms with Crippen LogP contribution < -0.4 is 10.5 Å². The van der Waals surface area contributed by atoms with E-state index < -0.39 is 10.0 Å². The number of nitrogens with one attached hydrogen (secondary N) is 1. The molecule has 0 amide bonds. The Balaban J connectivity index is 2.38. The van der Waals surface area contributed by atoms with Crippen molar-refractivity contribution in [3.8, 4) is 0 Å². The minimum Gasteiger partial charge on any atom is -0.398 e. The van der Waals surface area contributed by atoms with Crippen LogP contribution >= 0.6 is 34.5 Å². The highest BCUT2D eigenvalue weighted by Gasteiger charge is 2.18. The molecule has 0 aliphatic rings. The number of aryl methyl sites for hydroxylation is 1. The van der Waals surface area contributed by atoms with Crippen molar-refractivity contribution in [1.29, 1.82) is 0 Å². The van der Waals surface area contributed by atoms with Gasteiger partial charge in [-0.3, -0.25) is 4.72 Å². The molecule has 4 nitrogen and oxygen atoms in total. The molecule has 1 aromatic carbocycles. The third kappa shape index (κ3) is 3.14. The van der Waals surface area contributed by atoms with E-state index in [0.29, 0.717) is 26.3 Å². The average Bonchev–Trinajstić information content (AvgIpc) is 2.73. The van der Waals surface area contributed by atoms with E-state index in [1.807, 2.05) is 0 Å². The smallest absolute Gasteiger partial charge is 0.271 e. The van der Waals surface area contributed by atoms with E-state index in [9.17, 15) is 8.42 Å². The van der Waals surface area contributed by atoms with Crippen LogP contribution in [0.3, 0.4) is 0 Å². The van der Waals surface area contributed by atoms with Crippen molar-refractivity contribution < 1.29 is 8.42 Å². The summed E-state index contributed by atoms with van der Waals surface area (Å²) in [5.74, 6) is 0. The highest BCUT2D eigenvalue weighted by molar-refractivity contribution is 7.94. The normalized spacial score (nSPS) is 11.5. The van der Waals surface area contributed by atoms with Gasteiger partial charge in [-0.1, -0.05) is 23.2 Å². The second-order valence-corrected chi connectivity index (χ2v) is 7.88. The summed E-state index contributed by atoms with van der Waals surface area (Å²) in [6.45, 7) is 1.74. The summed E-state index contributed by atoms with van der Waals surface area (Å²) in [6.07, 6.45) is 0. The van der Waals surface area contributed by atoms with Crippen LogP contribution in [0.15, 0.2) is 28.5 Å². The van der Waals surface area contributed by atoms with E-state index in [4.69, 9.17) is 28.9 Å². The zero-order valence-corrected chi connectivity index (χ0v) is 12.9. The fourth-order valence-corrected chi connectivity index (χ4v) is 4.22. The van der Waals surface area contributed by atoms with Gasteiger partial charge in [0.1, 0.15) is 4.21 Å². The third-order valence-electron chi connectivity index (χ3n) is 2.40. The number of nitrogens with two attached hydrogens (primary N) is 1. The lowest BCUT2D eigenvalue weighted by Crippen LogP contribution is -2.12. The SMILES string of the molecule is Cc1cc(N)c(Cl)cc1NS(=O)(=O)c1ccc(Cl)s1. The molecule has 3 N–H and O–H groups in total. The van der Waals surface area contributed by atoms with Gasteiger partial charge in [0.05, 0.1) is 20.7 Å². The molecule has 102 valence electrons. The highest BCUT2D eigenvalue weighted by atomic mass is 35.5. The van der Waals surface area contributed by atoms with Gasteiger partial charge in [-0.05, 0) is 36.8 Å². The van der Waals surface area contributed by atoms with Gasteiger partial charge in [0.25, 0.3) is 10.0 Å². The first kappa shape index (κ1) is 14.5. The summed E-state index contributed by atoms with van der Waals surface area (Å²) in [5.41, 5.74) is 7.13. The zero-order valence-electron chi connectivity index (χ0n) is 9.78. The largest absolute Gasteiger partial charge is 0.398 e. The lowest BCUT2D eigenvalue weighted by Gasteiger charge is -2.11. The van der Waals surface area contributed by atoms with Crippen LogP contribution in [0.4, 0.5) is 11.4 Å². The number of thiophene rings is 1. The van der Waals surface area contributed by atoms with Crippen molar-refractivity contribution in [2.24, 2.45) is 0 Å². The summed E-state index contributed by atoms with van der Waals surface area (Å²) in [5, 5.41) is 0.299. The molecule has 0 saturated carbocycles. The lowest BCUT2D eigenvalue weighted by atomic mass is 10.2. The lowest BCUT2D eigenvalue weighted by molar-refractivity contribution is 0.603. The molecule has 2 aromatic rings. The van der Waals surface area contributed by atoms with Gasteiger partial charge in [0.15, 0.2) is 0 Å². The predicted molar refractivity (Wildman–Crippen MR) is 80.7 cm³/mol. The Hall–Kier alpha value is -0.950. The van der Waals surface area contributed by atoms with Gasteiger partial charge < -0.3 is 5.73 Å². The maximum absolute atomic E-state index is 12.1. The fraction of sp³-hybridized carbons (Fsp3) is 0.0909. The van der Waals surface area contributed by atoms with E-state index in [-0.39, 0.29) is 4.21 Å². The van der Waals surface area contributed by atoms with E-state index in [1.54, 1.807) is 13.0 Å². The first-order valence-electron chi connectivity index (χ1n) is 5.13. The topological polar surface area (TPSA) is 72.2 Å². The van der Waals surface area contributed by atoms with Gasteiger partial charge in [0.2, 0.25) is 0 Å². The van der Waals surface area contributed by atoms with Crippen LogP contribution in [0.5, 0.6) is 0 Å². The minimum absolute atomic E-state index is 0.143. The number of hydrogen-bond acceptors (Lipinski definition) is 4. The summed E-state index contributed by atoms with van der Waals surface area (Å²) < 4.78 is 27.3. The van der Waals surface area contributed by atoms with E-state index >= 15 is 0 Å². The van der Waals surface area contributed by atoms with Crippen molar-refractivity contribution in [1.82, 2.24) is 0 Å². The van der Waals surface area contributed by atoms with Crippen LogP contribution in [-0.2, 0) is 10.0 Å². The molecule has 19 heavy (non-hydrogen) atoms. The molecule has 0 saturated heterocycles. The summed E-state index contributed by atoms with van der Waals surface area (Å²) in [6, 6.07) is 6.08. The molecule has 1 heterocycles. The van der Waals surface area contributed by atoms with Crippen molar-refractivity contribution in [2.75, 3.05) is 10.5 Å². The van der Waals surface area contributed by atoms with Crippen molar-refractivity contribution in [3.63, 3.8) is 0 Å². The predicted octanol–water partition coefficient (Wildman–Crippen LogP) is 3.75. The van der Waals surface area contributed by atoms with Gasteiger partial charge in [-0.2, -0.15) is 0 Å². The fourth-order valence-electron chi connectivity index (χ4n) is 1.45. The molecule has 0 aliphatic carbocycles. The quantitative estimate of drug-likeness (QED) is 0.838.